The Labute approximate surface area is 59.4 Å². The summed E-state index contributed by atoms with van der Waals surface area (Å²) in [7, 11) is -2.24. The first-order chi connectivity index (χ1) is 5.54. The third-order valence-electron chi connectivity index (χ3n) is 2.12. The molecule has 1 aliphatic carbocycles. The molecule has 2 heteroatoms. The van der Waals surface area contributed by atoms with E-state index >= 15 is 0 Å². The summed E-state index contributed by atoms with van der Waals surface area (Å²) >= 11 is 0. The average Bonchev–Trinajstić information content (AvgIpc) is 2.61. The van der Waals surface area contributed by atoms with Crippen molar-refractivity contribution in [3.8, 4) is 0 Å². The Morgan fingerprint density at radius 2 is 2.56 bits per heavy atom. The lowest BCUT2D eigenvalue weighted by Gasteiger charge is -2.16. The van der Waals surface area contributed by atoms with Gasteiger partial charge >= 0.3 is 0 Å². The molecule has 0 spiro atoms. The van der Waals surface area contributed by atoms with Gasteiger partial charge in [-0.15, -0.1) is 0 Å². The number of ether oxygens (including phenoxy) is 2. The van der Waals surface area contributed by atoms with Crippen molar-refractivity contribution in [3.05, 3.63) is 0 Å². The van der Waals surface area contributed by atoms with Crippen LogP contribution in [0.1, 0.15) is 23.4 Å². The molecule has 0 bridgehead atoms. The maximum Gasteiger partial charge on any atom is 0.0866 e. The molecule has 0 aromatic carbocycles. The Hall–Kier alpha value is -0.0800. The van der Waals surface area contributed by atoms with Gasteiger partial charge in [0, 0.05) is 13.5 Å². The zero-order valence-electron chi connectivity index (χ0n) is 8.17. The SMILES string of the molecule is [2H]C([2H])([2H])OC1CCC2OC2C1. The number of hydrogen-bond acceptors (Lipinski definition) is 2. The van der Waals surface area contributed by atoms with Gasteiger partial charge in [0.05, 0.1) is 22.4 Å². The summed E-state index contributed by atoms with van der Waals surface area (Å²) in [4.78, 5) is 0. The molecule has 1 saturated heterocycles. The zero-order valence-corrected chi connectivity index (χ0v) is 5.17. The summed E-state index contributed by atoms with van der Waals surface area (Å²) in [5.74, 6) is 0. The maximum absolute atomic E-state index is 6.92. The third kappa shape index (κ3) is 0.970. The lowest BCUT2D eigenvalue weighted by Crippen LogP contribution is -2.19. The molecule has 1 saturated carbocycles. The van der Waals surface area contributed by atoms with Gasteiger partial charge in [0.2, 0.25) is 0 Å². The second-order valence-electron chi connectivity index (χ2n) is 2.77. The van der Waals surface area contributed by atoms with E-state index in [0.29, 0.717) is 6.10 Å². The smallest absolute Gasteiger partial charge is 0.0866 e. The summed E-state index contributed by atoms with van der Waals surface area (Å²) in [5, 5.41) is 0. The van der Waals surface area contributed by atoms with E-state index in [1.54, 1.807) is 0 Å². The minimum absolute atomic E-state index is 0.124. The monoisotopic (exact) mass is 131 g/mol. The van der Waals surface area contributed by atoms with Gasteiger partial charge in [-0.3, -0.25) is 0 Å². The van der Waals surface area contributed by atoms with Crippen molar-refractivity contribution in [2.75, 3.05) is 7.04 Å². The van der Waals surface area contributed by atoms with E-state index in [0.717, 1.165) is 19.3 Å². The largest absolute Gasteiger partial charge is 0.381 e. The number of methoxy groups -OCH3 is 1. The van der Waals surface area contributed by atoms with Crippen LogP contribution in [0.4, 0.5) is 0 Å². The molecule has 2 nitrogen and oxygen atoms in total. The first-order valence-electron chi connectivity index (χ1n) is 4.88. The molecule has 2 fully saturated rings. The average molecular weight is 131 g/mol. The molecule has 0 aromatic rings. The molecule has 3 atom stereocenters. The first kappa shape index (κ1) is 3.35. The Morgan fingerprint density at radius 3 is 3.33 bits per heavy atom. The van der Waals surface area contributed by atoms with Crippen molar-refractivity contribution < 1.29 is 13.6 Å². The lowest BCUT2D eigenvalue weighted by atomic mass is 9.98. The zero-order chi connectivity index (χ0) is 8.77. The highest BCUT2D eigenvalue weighted by atomic mass is 16.6. The van der Waals surface area contributed by atoms with Gasteiger partial charge < -0.3 is 9.47 Å². The lowest BCUT2D eigenvalue weighted by molar-refractivity contribution is 0.0770. The van der Waals surface area contributed by atoms with Crippen LogP contribution in [0.2, 0.25) is 0 Å². The van der Waals surface area contributed by atoms with E-state index in [4.69, 9.17) is 13.6 Å². The van der Waals surface area contributed by atoms with E-state index in [1.807, 2.05) is 0 Å². The highest BCUT2D eigenvalue weighted by Crippen LogP contribution is 2.37. The van der Waals surface area contributed by atoms with Crippen LogP contribution in [0.5, 0.6) is 0 Å². The molecule has 2 aliphatic rings. The summed E-state index contributed by atoms with van der Waals surface area (Å²) in [6.07, 6.45) is 3.09. The van der Waals surface area contributed by atoms with Crippen LogP contribution >= 0.6 is 0 Å². The van der Waals surface area contributed by atoms with Gasteiger partial charge in [-0.25, -0.2) is 0 Å². The summed E-state index contributed by atoms with van der Waals surface area (Å²) in [5.41, 5.74) is 0. The molecule has 3 unspecified atom stereocenters. The highest BCUT2D eigenvalue weighted by molar-refractivity contribution is 4.92. The van der Waals surface area contributed by atoms with Crippen molar-refractivity contribution in [1.82, 2.24) is 0 Å². The van der Waals surface area contributed by atoms with Gasteiger partial charge in [0.15, 0.2) is 0 Å². The topological polar surface area (TPSA) is 21.8 Å². The second kappa shape index (κ2) is 1.96. The molecule has 0 amide bonds. The van der Waals surface area contributed by atoms with Crippen LogP contribution in [-0.4, -0.2) is 25.3 Å². The van der Waals surface area contributed by atoms with Crippen LogP contribution < -0.4 is 0 Å². The molecule has 2 rings (SSSR count). The second-order valence-corrected chi connectivity index (χ2v) is 2.77. The Bertz CT molecular complexity index is 180. The van der Waals surface area contributed by atoms with Crippen LogP contribution in [-0.2, 0) is 9.47 Å². The van der Waals surface area contributed by atoms with Crippen LogP contribution in [0.15, 0.2) is 0 Å². The van der Waals surface area contributed by atoms with Crippen LogP contribution in [0, 0.1) is 0 Å². The first-order valence-corrected chi connectivity index (χ1v) is 3.38. The molecule has 0 N–H and O–H groups in total. The standard InChI is InChI=1S/C7H12O2/c1-8-5-2-3-6-7(4-5)9-6/h5-7H,2-4H2,1H3/i1D3. The predicted octanol–water partition coefficient (Wildman–Crippen LogP) is 0.953. The molecule has 1 heterocycles. The number of rotatable bonds is 1. The van der Waals surface area contributed by atoms with Crippen molar-refractivity contribution in [3.63, 3.8) is 0 Å². The van der Waals surface area contributed by atoms with E-state index in [1.165, 1.54) is 0 Å². The quantitative estimate of drug-likeness (QED) is 0.494. The molecule has 9 heavy (non-hydrogen) atoms. The van der Waals surface area contributed by atoms with Crippen molar-refractivity contribution in [2.24, 2.45) is 0 Å². The van der Waals surface area contributed by atoms with E-state index in [9.17, 15) is 0 Å². The fraction of sp³-hybridized carbons (Fsp3) is 1.00. The minimum atomic E-state index is -2.24. The molecule has 52 valence electrons. The Morgan fingerprint density at radius 1 is 1.56 bits per heavy atom. The maximum atomic E-state index is 6.92. The van der Waals surface area contributed by atoms with E-state index in [-0.39, 0.29) is 12.2 Å². The fourth-order valence-corrected chi connectivity index (χ4v) is 1.47. The minimum Gasteiger partial charge on any atom is -0.381 e. The van der Waals surface area contributed by atoms with E-state index in [2.05, 4.69) is 0 Å². The van der Waals surface area contributed by atoms with Gasteiger partial charge in [-0.1, -0.05) is 0 Å². The van der Waals surface area contributed by atoms with Gasteiger partial charge in [-0.05, 0) is 12.8 Å². The fourth-order valence-electron chi connectivity index (χ4n) is 1.47. The van der Waals surface area contributed by atoms with Crippen molar-refractivity contribution >= 4 is 0 Å². The van der Waals surface area contributed by atoms with Crippen molar-refractivity contribution in [2.45, 2.75) is 37.6 Å². The number of epoxide rings is 1. The third-order valence-corrected chi connectivity index (χ3v) is 2.12. The number of hydrogen-bond donors (Lipinski definition) is 0. The molecule has 0 radical (unpaired) electrons. The number of fused-ring (bicyclic) bond motifs is 1. The summed E-state index contributed by atoms with van der Waals surface area (Å²) < 4.78 is 30.9. The van der Waals surface area contributed by atoms with Gasteiger partial charge in [0.1, 0.15) is 0 Å². The predicted molar refractivity (Wildman–Crippen MR) is 33.3 cm³/mol. The summed E-state index contributed by atoms with van der Waals surface area (Å²) in [6, 6.07) is 0. The van der Waals surface area contributed by atoms with Crippen molar-refractivity contribution in [1.29, 1.82) is 0 Å². The Kier molecular flexibility index (Phi) is 0.729. The summed E-state index contributed by atoms with van der Waals surface area (Å²) in [6.45, 7) is 0. The molecular weight excluding hydrogens is 116 g/mol. The molecule has 1 aliphatic heterocycles. The van der Waals surface area contributed by atoms with Gasteiger partial charge in [0.25, 0.3) is 0 Å². The van der Waals surface area contributed by atoms with Crippen LogP contribution in [0.25, 0.3) is 0 Å². The van der Waals surface area contributed by atoms with Gasteiger partial charge in [-0.2, -0.15) is 0 Å². The molecular formula is C7H12O2. The Balaban J connectivity index is 1.81. The van der Waals surface area contributed by atoms with E-state index < -0.39 is 7.04 Å². The normalized spacial score (nSPS) is 54.7. The van der Waals surface area contributed by atoms with Crippen LogP contribution in [0.3, 0.4) is 0 Å². The molecule has 0 aromatic heterocycles. The highest BCUT2D eigenvalue weighted by Gasteiger charge is 2.43.